The summed E-state index contributed by atoms with van der Waals surface area (Å²) in [6.45, 7) is 8.87. The molecule has 0 unspecified atom stereocenters. The molecule has 164 valence electrons. The number of carbonyl (C=O) groups excluding carboxylic acids is 3. The van der Waals surface area contributed by atoms with Gasteiger partial charge in [0.2, 0.25) is 0 Å². The molecule has 1 heterocycles. The van der Waals surface area contributed by atoms with E-state index in [0.29, 0.717) is 42.8 Å². The zero-order chi connectivity index (χ0) is 22.6. The summed E-state index contributed by atoms with van der Waals surface area (Å²) in [6, 6.07) is 14.4. The van der Waals surface area contributed by atoms with Gasteiger partial charge in [-0.2, -0.15) is 0 Å². The number of carbonyl (C=O) groups is 3. The topological polar surface area (TPSA) is 75.7 Å². The van der Waals surface area contributed by atoms with E-state index in [1.807, 2.05) is 24.3 Å². The van der Waals surface area contributed by atoms with Crippen LogP contribution < -0.4 is 10.1 Å². The molecule has 6 nitrogen and oxygen atoms in total. The fourth-order valence-corrected chi connectivity index (χ4v) is 3.66. The molecule has 2 aromatic rings. The van der Waals surface area contributed by atoms with Crippen LogP contribution in [0.1, 0.15) is 66.8 Å². The van der Waals surface area contributed by atoms with Crippen LogP contribution in [0, 0.1) is 0 Å². The third-order valence-corrected chi connectivity index (χ3v) is 5.47. The molecule has 1 aliphatic heterocycles. The number of nitrogens with zero attached hydrogens (tertiary/aromatic N) is 1. The van der Waals surface area contributed by atoms with E-state index in [0.717, 1.165) is 0 Å². The first kappa shape index (κ1) is 22.5. The predicted molar refractivity (Wildman–Crippen MR) is 119 cm³/mol. The average Bonchev–Trinajstić information content (AvgIpc) is 2.73. The van der Waals surface area contributed by atoms with Gasteiger partial charge in [0.1, 0.15) is 5.75 Å². The van der Waals surface area contributed by atoms with Crippen molar-refractivity contribution in [2.75, 3.05) is 13.1 Å². The van der Waals surface area contributed by atoms with E-state index >= 15 is 0 Å². The first-order valence-electron chi connectivity index (χ1n) is 10.6. The van der Waals surface area contributed by atoms with Gasteiger partial charge < -0.3 is 15.0 Å². The van der Waals surface area contributed by atoms with Gasteiger partial charge >= 0.3 is 5.97 Å². The van der Waals surface area contributed by atoms with Crippen LogP contribution in [-0.2, 0) is 10.2 Å². The maximum absolute atomic E-state index is 12.8. The van der Waals surface area contributed by atoms with Gasteiger partial charge in [-0.3, -0.25) is 14.4 Å². The van der Waals surface area contributed by atoms with Gasteiger partial charge in [-0.25, -0.2) is 0 Å². The summed E-state index contributed by atoms with van der Waals surface area (Å²) >= 11 is 0. The second-order valence-corrected chi connectivity index (χ2v) is 8.99. The smallest absolute Gasteiger partial charge is 0.308 e. The summed E-state index contributed by atoms with van der Waals surface area (Å²) < 4.78 is 5.06. The number of amides is 2. The van der Waals surface area contributed by atoms with Crippen molar-refractivity contribution in [3.63, 3.8) is 0 Å². The van der Waals surface area contributed by atoms with E-state index in [-0.39, 0.29) is 23.3 Å². The van der Waals surface area contributed by atoms with Crippen LogP contribution in [0.2, 0.25) is 0 Å². The first-order valence-corrected chi connectivity index (χ1v) is 10.6. The van der Waals surface area contributed by atoms with Gasteiger partial charge in [0.15, 0.2) is 0 Å². The Morgan fingerprint density at radius 3 is 2.19 bits per heavy atom. The molecule has 3 rings (SSSR count). The number of nitrogens with one attached hydrogen (secondary N) is 1. The summed E-state index contributed by atoms with van der Waals surface area (Å²) in [4.78, 5) is 38.3. The van der Waals surface area contributed by atoms with Gasteiger partial charge in [0.25, 0.3) is 11.8 Å². The van der Waals surface area contributed by atoms with E-state index in [1.54, 1.807) is 29.2 Å². The second kappa shape index (κ2) is 9.33. The summed E-state index contributed by atoms with van der Waals surface area (Å²) in [6.07, 6.45) is 1.39. The minimum absolute atomic E-state index is 0.0335. The molecule has 0 radical (unpaired) electrons. The fourth-order valence-electron chi connectivity index (χ4n) is 3.66. The number of benzene rings is 2. The largest absolute Gasteiger partial charge is 0.427 e. The Hall–Kier alpha value is -3.15. The van der Waals surface area contributed by atoms with Gasteiger partial charge in [0.05, 0.1) is 0 Å². The van der Waals surface area contributed by atoms with E-state index in [4.69, 9.17) is 4.74 Å². The predicted octanol–water partition coefficient (Wildman–Crippen LogP) is 3.94. The highest BCUT2D eigenvalue weighted by Gasteiger charge is 2.25. The van der Waals surface area contributed by atoms with Crippen molar-refractivity contribution in [1.82, 2.24) is 10.2 Å². The molecule has 0 bridgehead atoms. The van der Waals surface area contributed by atoms with Crippen LogP contribution in [0.4, 0.5) is 0 Å². The highest BCUT2D eigenvalue weighted by molar-refractivity contribution is 5.95. The van der Waals surface area contributed by atoms with Crippen LogP contribution in [0.25, 0.3) is 0 Å². The molecule has 0 aromatic heterocycles. The molecular weight excluding hydrogens is 392 g/mol. The third kappa shape index (κ3) is 5.94. The lowest BCUT2D eigenvalue weighted by Gasteiger charge is -2.32. The number of hydrogen-bond acceptors (Lipinski definition) is 4. The SMILES string of the molecule is CC(=O)Oc1cccc(C(=O)N2CCC(NC(=O)c3ccc(C(C)(C)C)cc3)CC2)c1. The van der Waals surface area contributed by atoms with Crippen LogP contribution in [0.15, 0.2) is 48.5 Å². The van der Waals surface area contributed by atoms with Crippen LogP contribution in [0.3, 0.4) is 0 Å². The Balaban J connectivity index is 1.54. The average molecular weight is 423 g/mol. The lowest BCUT2D eigenvalue weighted by atomic mass is 9.86. The summed E-state index contributed by atoms with van der Waals surface area (Å²) in [5.41, 5.74) is 2.37. The zero-order valence-corrected chi connectivity index (χ0v) is 18.6. The van der Waals surface area contributed by atoms with Crippen molar-refractivity contribution in [3.05, 3.63) is 65.2 Å². The molecule has 0 spiro atoms. The Morgan fingerprint density at radius 2 is 1.61 bits per heavy atom. The van der Waals surface area contributed by atoms with Gasteiger partial charge in [0, 0.05) is 37.2 Å². The van der Waals surface area contributed by atoms with E-state index in [9.17, 15) is 14.4 Å². The molecule has 6 heteroatoms. The molecule has 2 aromatic carbocycles. The van der Waals surface area contributed by atoms with E-state index < -0.39 is 5.97 Å². The molecule has 0 saturated carbocycles. The molecule has 0 aliphatic carbocycles. The van der Waals surface area contributed by atoms with Crippen LogP contribution >= 0.6 is 0 Å². The maximum Gasteiger partial charge on any atom is 0.308 e. The van der Waals surface area contributed by atoms with Crippen molar-refractivity contribution >= 4 is 17.8 Å². The standard InChI is InChI=1S/C25H30N2O4/c1-17(28)31-22-7-5-6-19(16-22)24(30)27-14-12-21(13-15-27)26-23(29)18-8-10-20(11-9-18)25(2,3)4/h5-11,16,21H,12-15H2,1-4H3,(H,26,29). The Kier molecular flexibility index (Phi) is 6.78. The summed E-state index contributed by atoms with van der Waals surface area (Å²) in [5, 5.41) is 3.09. The van der Waals surface area contributed by atoms with Crippen LogP contribution in [-0.4, -0.2) is 41.8 Å². The zero-order valence-electron chi connectivity index (χ0n) is 18.6. The number of esters is 1. The van der Waals surface area contributed by atoms with Crippen molar-refractivity contribution in [2.24, 2.45) is 0 Å². The van der Waals surface area contributed by atoms with Crippen molar-refractivity contribution in [1.29, 1.82) is 0 Å². The van der Waals surface area contributed by atoms with E-state index in [1.165, 1.54) is 12.5 Å². The van der Waals surface area contributed by atoms with Gasteiger partial charge in [-0.15, -0.1) is 0 Å². The highest BCUT2D eigenvalue weighted by Crippen LogP contribution is 2.22. The van der Waals surface area contributed by atoms with Gasteiger partial charge in [-0.05, 0) is 54.2 Å². The molecular formula is C25H30N2O4. The summed E-state index contributed by atoms with van der Waals surface area (Å²) in [5.74, 6) is -0.247. The van der Waals surface area contributed by atoms with E-state index in [2.05, 4.69) is 26.1 Å². The maximum atomic E-state index is 12.8. The fraction of sp³-hybridized carbons (Fsp3) is 0.400. The van der Waals surface area contributed by atoms with Crippen molar-refractivity contribution in [2.45, 2.75) is 52.0 Å². The van der Waals surface area contributed by atoms with Crippen molar-refractivity contribution in [3.8, 4) is 5.75 Å². The second-order valence-electron chi connectivity index (χ2n) is 8.99. The summed E-state index contributed by atoms with van der Waals surface area (Å²) in [7, 11) is 0. The first-order chi connectivity index (χ1) is 14.6. The quantitative estimate of drug-likeness (QED) is 0.598. The van der Waals surface area contributed by atoms with Crippen LogP contribution in [0.5, 0.6) is 5.75 Å². The Labute approximate surface area is 183 Å². The highest BCUT2D eigenvalue weighted by atomic mass is 16.5. The lowest BCUT2D eigenvalue weighted by molar-refractivity contribution is -0.131. The minimum atomic E-state index is -0.422. The lowest BCUT2D eigenvalue weighted by Crippen LogP contribution is -2.46. The number of ether oxygens (including phenoxy) is 1. The molecule has 1 N–H and O–H groups in total. The monoisotopic (exact) mass is 422 g/mol. The Bertz CT molecular complexity index is 952. The molecule has 1 aliphatic rings. The number of rotatable bonds is 4. The molecule has 2 amide bonds. The minimum Gasteiger partial charge on any atom is -0.427 e. The number of piperidine rings is 1. The molecule has 0 atom stereocenters. The normalized spacial score (nSPS) is 14.8. The molecule has 1 saturated heterocycles. The van der Waals surface area contributed by atoms with Crippen molar-refractivity contribution < 1.29 is 19.1 Å². The van der Waals surface area contributed by atoms with Gasteiger partial charge in [-0.1, -0.05) is 39.0 Å². The molecule has 31 heavy (non-hydrogen) atoms. The number of likely N-dealkylation sites (tertiary alicyclic amines) is 1. The molecule has 1 fully saturated rings. The Morgan fingerprint density at radius 1 is 0.968 bits per heavy atom. The third-order valence-electron chi connectivity index (χ3n) is 5.47. The number of hydrogen-bond donors (Lipinski definition) is 1.